The summed E-state index contributed by atoms with van der Waals surface area (Å²) in [6.07, 6.45) is 8.34. The summed E-state index contributed by atoms with van der Waals surface area (Å²) in [5.74, 6) is -1.36. The number of nitrogens with one attached hydrogen (secondary N) is 1. The molecule has 1 spiro atoms. The number of likely N-dealkylation sites (tertiary alicyclic amines) is 1. The van der Waals surface area contributed by atoms with Crippen LogP contribution in [0.15, 0.2) is 30.5 Å². The molecule has 3 fully saturated rings. The van der Waals surface area contributed by atoms with E-state index < -0.39 is 17.3 Å². The molecule has 1 aliphatic heterocycles. The molecule has 2 heterocycles. The molecule has 1 saturated heterocycles. The number of primary amides is 1. The van der Waals surface area contributed by atoms with E-state index in [0.29, 0.717) is 28.5 Å². The van der Waals surface area contributed by atoms with E-state index >= 15 is 0 Å². The first-order chi connectivity index (χ1) is 17.1. The molecular weight excluding hydrogens is 456 g/mol. The van der Waals surface area contributed by atoms with Crippen molar-refractivity contribution in [3.05, 3.63) is 41.6 Å². The second-order valence-electron chi connectivity index (χ2n) is 11.4. The average Bonchev–Trinajstić information content (AvgIpc) is 3.21. The maximum absolute atomic E-state index is 12.2. The van der Waals surface area contributed by atoms with Gasteiger partial charge >= 0.3 is 5.97 Å². The summed E-state index contributed by atoms with van der Waals surface area (Å²) in [5.41, 5.74) is 6.80. The van der Waals surface area contributed by atoms with Crippen molar-refractivity contribution in [1.82, 2.24) is 14.7 Å². The lowest BCUT2D eigenvalue weighted by Crippen LogP contribution is -2.63. The molecule has 0 unspecified atom stereocenters. The van der Waals surface area contributed by atoms with Gasteiger partial charge in [-0.1, -0.05) is 18.6 Å². The lowest BCUT2D eigenvalue weighted by Gasteiger charge is -2.59. The van der Waals surface area contributed by atoms with Gasteiger partial charge in [-0.15, -0.1) is 0 Å². The number of benzene rings is 1. The number of carbonyl (C=O) groups excluding carboxylic acids is 1. The summed E-state index contributed by atoms with van der Waals surface area (Å²) in [5, 5.41) is 27.2. The number of hydrogen-bond acceptors (Lipinski definition) is 6. The first-order valence-electron chi connectivity index (χ1n) is 12.8. The first kappa shape index (κ1) is 24.3. The van der Waals surface area contributed by atoms with E-state index in [9.17, 15) is 20.0 Å². The number of anilines is 2. The van der Waals surface area contributed by atoms with Gasteiger partial charge in [0.25, 0.3) is 5.91 Å². The van der Waals surface area contributed by atoms with Crippen LogP contribution in [0.5, 0.6) is 0 Å². The number of nitrogens with zero attached hydrogens (tertiary/aromatic N) is 4. The summed E-state index contributed by atoms with van der Waals surface area (Å²) in [6, 6.07) is 9.83. The Morgan fingerprint density at radius 1 is 1.22 bits per heavy atom. The molecule has 9 nitrogen and oxygen atoms in total. The van der Waals surface area contributed by atoms with E-state index in [4.69, 9.17) is 5.73 Å². The van der Waals surface area contributed by atoms with Gasteiger partial charge in [0.15, 0.2) is 5.82 Å². The lowest BCUT2D eigenvalue weighted by molar-refractivity contribution is -0.142. The van der Waals surface area contributed by atoms with E-state index in [2.05, 4.69) is 21.4 Å². The van der Waals surface area contributed by atoms with Crippen LogP contribution in [0.25, 0.3) is 0 Å². The number of rotatable bonds is 7. The predicted molar refractivity (Wildman–Crippen MR) is 135 cm³/mol. The highest BCUT2D eigenvalue weighted by Crippen LogP contribution is 2.50. The lowest BCUT2D eigenvalue weighted by atomic mass is 9.62. The highest BCUT2D eigenvalue weighted by Gasteiger charge is 2.50. The summed E-state index contributed by atoms with van der Waals surface area (Å²) in [6.45, 7) is 5.64. The Kier molecular flexibility index (Phi) is 6.03. The third kappa shape index (κ3) is 4.24. The minimum atomic E-state index is -1.02. The second-order valence-corrected chi connectivity index (χ2v) is 11.4. The van der Waals surface area contributed by atoms with Gasteiger partial charge in [-0.25, -0.2) is 0 Å². The Labute approximate surface area is 211 Å². The summed E-state index contributed by atoms with van der Waals surface area (Å²) in [7, 11) is 0. The van der Waals surface area contributed by atoms with E-state index in [1.165, 1.54) is 32.4 Å². The van der Waals surface area contributed by atoms with E-state index in [0.717, 1.165) is 19.3 Å². The number of aromatic nitrogens is 2. The summed E-state index contributed by atoms with van der Waals surface area (Å²) >= 11 is 0. The molecule has 2 saturated carbocycles. The fourth-order valence-corrected chi connectivity index (χ4v) is 6.05. The number of aliphatic carboxylic acids is 1. The zero-order valence-corrected chi connectivity index (χ0v) is 20.9. The standard InChI is InChI=1S/C27H34N6O3/c1-26(2,25(35)36)18-4-6-19(7-5-18)30-24-21(23(29)34)14-33(31-24)22-9-8-20(12-17(22)13-28)32-15-27(16-32)10-3-11-27/h4-7,14,17,20,22H,3,8-12,15-16H2,1-2H3,(H2,29,34)(H,30,31)(H,35,36)/t17-,20-,22+/m1/s1. The molecule has 0 bridgehead atoms. The molecule has 36 heavy (non-hydrogen) atoms. The second kappa shape index (κ2) is 8.93. The fraction of sp³-hybridized carbons (Fsp3) is 0.556. The Morgan fingerprint density at radius 2 is 1.92 bits per heavy atom. The zero-order chi connectivity index (χ0) is 25.7. The van der Waals surface area contributed by atoms with Gasteiger partial charge in [0, 0.05) is 31.0 Å². The number of nitriles is 1. The third-order valence-corrected chi connectivity index (χ3v) is 8.70. The third-order valence-electron chi connectivity index (χ3n) is 8.70. The number of carboxylic acid groups (broad SMARTS) is 1. The first-order valence-corrected chi connectivity index (χ1v) is 12.8. The Hall–Kier alpha value is -3.38. The monoisotopic (exact) mass is 490 g/mol. The predicted octanol–water partition coefficient (Wildman–Crippen LogP) is 3.81. The highest BCUT2D eigenvalue weighted by molar-refractivity contribution is 5.98. The van der Waals surface area contributed by atoms with Crippen LogP contribution < -0.4 is 11.1 Å². The minimum Gasteiger partial charge on any atom is -0.481 e. The van der Waals surface area contributed by atoms with Crippen LogP contribution in [0.4, 0.5) is 11.5 Å². The Balaban J connectivity index is 1.30. The fourth-order valence-electron chi connectivity index (χ4n) is 6.05. The van der Waals surface area contributed by atoms with Crippen molar-refractivity contribution in [1.29, 1.82) is 5.26 Å². The van der Waals surface area contributed by atoms with Crippen LogP contribution in [-0.4, -0.2) is 50.8 Å². The Bertz CT molecular complexity index is 1200. The molecule has 0 radical (unpaired) electrons. The zero-order valence-electron chi connectivity index (χ0n) is 20.9. The molecule has 1 aromatic carbocycles. The maximum Gasteiger partial charge on any atom is 0.313 e. The largest absolute Gasteiger partial charge is 0.481 e. The molecular formula is C27H34N6O3. The number of amides is 1. The van der Waals surface area contributed by atoms with Crippen LogP contribution in [-0.2, 0) is 10.2 Å². The highest BCUT2D eigenvalue weighted by atomic mass is 16.4. The van der Waals surface area contributed by atoms with E-state index in [1.807, 2.05) is 0 Å². The van der Waals surface area contributed by atoms with Crippen LogP contribution in [0.3, 0.4) is 0 Å². The molecule has 3 aliphatic rings. The number of hydrogen-bond donors (Lipinski definition) is 3. The van der Waals surface area contributed by atoms with Crippen molar-refractivity contribution >= 4 is 23.4 Å². The molecule has 1 amide bonds. The molecule has 5 rings (SSSR count). The molecule has 9 heteroatoms. The van der Waals surface area contributed by atoms with Crippen molar-refractivity contribution in [2.24, 2.45) is 17.1 Å². The summed E-state index contributed by atoms with van der Waals surface area (Å²) in [4.78, 5) is 26.3. The SMILES string of the molecule is CC(C)(C(=O)O)c1ccc(Nc2nn([C@H]3CC[C@@H](N4CC5(CCC5)C4)C[C@@H]3C#N)cc2C(N)=O)cc1. The smallest absolute Gasteiger partial charge is 0.313 e. The van der Waals surface area contributed by atoms with Gasteiger partial charge in [-0.3, -0.25) is 19.2 Å². The van der Waals surface area contributed by atoms with Crippen molar-refractivity contribution in [2.75, 3.05) is 18.4 Å². The van der Waals surface area contributed by atoms with Gasteiger partial charge < -0.3 is 16.2 Å². The maximum atomic E-state index is 12.2. The van der Waals surface area contributed by atoms with Crippen molar-refractivity contribution in [2.45, 2.75) is 69.9 Å². The molecule has 3 atom stereocenters. The van der Waals surface area contributed by atoms with Crippen molar-refractivity contribution in [3.63, 3.8) is 0 Å². The average molecular weight is 491 g/mol. The molecule has 4 N–H and O–H groups in total. The van der Waals surface area contributed by atoms with E-state index in [1.54, 1.807) is 49.0 Å². The number of carbonyl (C=O) groups is 2. The van der Waals surface area contributed by atoms with Crippen LogP contribution in [0.2, 0.25) is 0 Å². The van der Waals surface area contributed by atoms with Crippen molar-refractivity contribution < 1.29 is 14.7 Å². The molecule has 1 aromatic heterocycles. The van der Waals surface area contributed by atoms with Crippen molar-refractivity contribution in [3.8, 4) is 6.07 Å². The number of carboxylic acids is 1. The molecule has 2 aliphatic carbocycles. The van der Waals surface area contributed by atoms with E-state index in [-0.39, 0.29) is 17.5 Å². The van der Waals surface area contributed by atoms with Crippen LogP contribution >= 0.6 is 0 Å². The van der Waals surface area contributed by atoms with Crippen LogP contribution in [0, 0.1) is 22.7 Å². The topological polar surface area (TPSA) is 137 Å². The minimum absolute atomic E-state index is 0.113. The summed E-state index contributed by atoms with van der Waals surface area (Å²) < 4.78 is 1.73. The van der Waals surface area contributed by atoms with Gasteiger partial charge in [0.05, 0.1) is 23.4 Å². The van der Waals surface area contributed by atoms with Gasteiger partial charge in [0.2, 0.25) is 0 Å². The van der Waals surface area contributed by atoms with Gasteiger partial charge in [-0.05, 0) is 69.1 Å². The van der Waals surface area contributed by atoms with Gasteiger partial charge in [-0.2, -0.15) is 10.4 Å². The van der Waals surface area contributed by atoms with Gasteiger partial charge in [0.1, 0.15) is 5.56 Å². The molecule has 2 aromatic rings. The molecule has 190 valence electrons. The quantitative estimate of drug-likeness (QED) is 0.537. The number of nitrogens with two attached hydrogens (primary N) is 1. The normalized spacial score (nSPS) is 25.4. The Morgan fingerprint density at radius 3 is 2.47 bits per heavy atom. The van der Waals surface area contributed by atoms with Crippen LogP contribution in [0.1, 0.15) is 74.3 Å².